The second kappa shape index (κ2) is 5.52. The number of hydrogen-bond donors (Lipinski definition) is 1. The maximum Gasteiger partial charge on any atom is 0.252 e. The Kier molecular flexibility index (Phi) is 3.50. The van der Waals surface area contributed by atoms with Gasteiger partial charge in [0.25, 0.3) is 5.91 Å². The van der Waals surface area contributed by atoms with E-state index in [9.17, 15) is 4.79 Å². The largest absolute Gasteiger partial charge is 0.346 e. The molecule has 0 aromatic carbocycles. The second-order valence-electron chi connectivity index (χ2n) is 5.91. The van der Waals surface area contributed by atoms with Gasteiger partial charge >= 0.3 is 0 Å². The van der Waals surface area contributed by atoms with Gasteiger partial charge in [0.05, 0.1) is 17.8 Å². The van der Waals surface area contributed by atoms with Crippen molar-refractivity contribution in [3.8, 4) is 0 Å². The summed E-state index contributed by atoms with van der Waals surface area (Å²) in [4.78, 5) is 19.3. The molecule has 1 atom stereocenters. The average Bonchev–Trinajstić information content (AvgIpc) is 3.17. The number of fused-ring (bicyclic) bond motifs is 2. The molecular weight excluding hydrogens is 314 g/mol. The van der Waals surface area contributed by atoms with E-state index < -0.39 is 0 Å². The minimum Gasteiger partial charge on any atom is -0.346 e. The van der Waals surface area contributed by atoms with Crippen LogP contribution in [-0.2, 0) is 19.4 Å². The molecule has 0 aliphatic heterocycles. The summed E-state index contributed by atoms with van der Waals surface area (Å²) in [6.07, 6.45) is 7.28. The number of amides is 1. The molecule has 0 bridgehead atoms. The van der Waals surface area contributed by atoms with Crippen LogP contribution in [-0.4, -0.2) is 15.3 Å². The number of thiazole rings is 1. The van der Waals surface area contributed by atoms with Crippen molar-refractivity contribution in [2.24, 2.45) is 5.92 Å². The Labute approximate surface area is 136 Å². The molecule has 1 unspecified atom stereocenters. The zero-order valence-corrected chi connectivity index (χ0v) is 14.0. The maximum absolute atomic E-state index is 12.4. The van der Waals surface area contributed by atoms with Crippen LogP contribution < -0.4 is 5.32 Å². The van der Waals surface area contributed by atoms with Gasteiger partial charge in [0.2, 0.25) is 0 Å². The van der Waals surface area contributed by atoms with Gasteiger partial charge in [0.15, 0.2) is 4.96 Å². The molecule has 0 fully saturated rings. The quantitative estimate of drug-likeness (QED) is 0.798. The number of thiophene rings is 1. The van der Waals surface area contributed by atoms with E-state index in [1.165, 1.54) is 16.9 Å². The third kappa shape index (κ3) is 2.46. The van der Waals surface area contributed by atoms with Gasteiger partial charge < -0.3 is 5.32 Å². The van der Waals surface area contributed by atoms with Gasteiger partial charge in [-0.25, -0.2) is 4.98 Å². The highest BCUT2D eigenvalue weighted by atomic mass is 32.1. The molecule has 0 spiro atoms. The van der Waals surface area contributed by atoms with Crippen LogP contribution in [0.5, 0.6) is 0 Å². The second-order valence-corrected chi connectivity index (χ2v) is 7.74. The zero-order valence-electron chi connectivity index (χ0n) is 12.3. The van der Waals surface area contributed by atoms with Crippen LogP contribution in [0.4, 0.5) is 0 Å². The van der Waals surface area contributed by atoms with Crippen LogP contribution in [0.1, 0.15) is 39.8 Å². The summed E-state index contributed by atoms with van der Waals surface area (Å²) in [5, 5.41) is 7.03. The fourth-order valence-electron chi connectivity index (χ4n) is 3.00. The first-order valence-electron chi connectivity index (χ1n) is 7.49. The molecule has 1 N–H and O–H groups in total. The molecule has 6 heteroatoms. The van der Waals surface area contributed by atoms with E-state index in [2.05, 4.69) is 17.2 Å². The lowest BCUT2D eigenvalue weighted by atomic mass is 9.88. The van der Waals surface area contributed by atoms with E-state index in [0.29, 0.717) is 6.54 Å². The standard InChI is InChI=1S/C16H17N3OS2/c1-10-2-3-12-13(9-22-14(12)6-10)15(20)17-7-11-8-19-4-5-21-16(19)18-11/h4-5,8-10H,2-3,6-7H2,1H3,(H,17,20). The summed E-state index contributed by atoms with van der Waals surface area (Å²) in [7, 11) is 0. The van der Waals surface area contributed by atoms with E-state index in [4.69, 9.17) is 0 Å². The first-order chi connectivity index (χ1) is 10.7. The van der Waals surface area contributed by atoms with E-state index in [0.717, 1.165) is 35.0 Å². The minimum atomic E-state index is 0.0309. The minimum absolute atomic E-state index is 0.0309. The van der Waals surface area contributed by atoms with Crippen LogP contribution in [0.3, 0.4) is 0 Å². The number of rotatable bonds is 3. The number of aromatic nitrogens is 2. The number of imidazole rings is 1. The highest BCUT2D eigenvalue weighted by Gasteiger charge is 2.23. The lowest BCUT2D eigenvalue weighted by molar-refractivity contribution is 0.0949. The molecule has 0 saturated heterocycles. The summed E-state index contributed by atoms with van der Waals surface area (Å²) in [5.41, 5.74) is 3.04. The van der Waals surface area contributed by atoms with E-state index >= 15 is 0 Å². The Morgan fingerprint density at radius 1 is 1.50 bits per heavy atom. The maximum atomic E-state index is 12.4. The van der Waals surface area contributed by atoms with Crippen molar-refractivity contribution >= 4 is 33.5 Å². The summed E-state index contributed by atoms with van der Waals surface area (Å²) < 4.78 is 1.99. The van der Waals surface area contributed by atoms with Crippen molar-refractivity contribution in [1.82, 2.24) is 14.7 Å². The van der Waals surface area contributed by atoms with Crippen molar-refractivity contribution in [2.45, 2.75) is 32.7 Å². The molecule has 3 aromatic heterocycles. The summed E-state index contributed by atoms with van der Waals surface area (Å²) in [5.74, 6) is 0.768. The number of nitrogens with one attached hydrogen (secondary N) is 1. The van der Waals surface area contributed by atoms with E-state index in [1.54, 1.807) is 22.7 Å². The number of carbonyl (C=O) groups is 1. The highest BCUT2D eigenvalue weighted by molar-refractivity contribution is 7.15. The lowest BCUT2D eigenvalue weighted by Crippen LogP contribution is -2.24. The third-order valence-corrected chi connectivity index (χ3v) is 6.04. The monoisotopic (exact) mass is 331 g/mol. The van der Waals surface area contributed by atoms with E-state index in [1.807, 2.05) is 27.6 Å². The highest BCUT2D eigenvalue weighted by Crippen LogP contribution is 2.32. The van der Waals surface area contributed by atoms with Crippen LogP contribution in [0.2, 0.25) is 0 Å². The van der Waals surface area contributed by atoms with Gasteiger partial charge in [-0.1, -0.05) is 6.92 Å². The van der Waals surface area contributed by atoms with Gasteiger partial charge in [0.1, 0.15) is 0 Å². The summed E-state index contributed by atoms with van der Waals surface area (Å²) in [6.45, 7) is 2.76. The topological polar surface area (TPSA) is 46.4 Å². The molecule has 1 aliphatic rings. The predicted octanol–water partition coefficient (Wildman–Crippen LogP) is 3.51. The number of nitrogens with zero attached hydrogens (tertiary/aromatic N) is 2. The molecule has 1 amide bonds. The van der Waals surface area contributed by atoms with Gasteiger partial charge in [0, 0.05) is 28.0 Å². The van der Waals surface area contributed by atoms with Gasteiger partial charge in [-0.05, 0) is 30.7 Å². The molecule has 22 heavy (non-hydrogen) atoms. The van der Waals surface area contributed by atoms with Crippen molar-refractivity contribution < 1.29 is 4.79 Å². The predicted molar refractivity (Wildman–Crippen MR) is 89.7 cm³/mol. The SMILES string of the molecule is CC1CCc2c(C(=O)NCc3cn4ccsc4n3)csc2C1. The first-order valence-corrected chi connectivity index (χ1v) is 9.25. The smallest absolute Gasteiger partial charge is 0.252 e. The summed E-state index contributed by atoms with van der Waals surface area (Å²) >= 11 is 3.33. The molecule has 114 valence electrons. The first kappa shape index (κ1) is 14.0. The molecule has 3 aromatic rings. The average molecular weight is 331 g/mol. The van der Waals surface area contributed by atoms with Crippen LogP contribution in [0.15, 0.2) is 23.2 Å². The van der Waals surface area contributed by atoms with Crippen LogP contribution in [0, 0.1) is 5.92 Å². The Balaban J connectivity index is 1.47. The van der Waals surface area contributed by atoms with Gasteiger partial charge in [-0.2, -0.15) is 0 Å². The van der Waals surface area contributed by atoms with E-state index in [-0.39, 0.29) is 5.91 Å². The number of carbonyl (C=O) groups excluding carboxylic acids is 1. The molecule has 4 rings (SSSR count). The normalized spacial score (nSPS) is 17.6. The molecular formula is C16H17N3OS2. The lowest BCUT2D eigenvalue weighted by Gasteiger charge is -2.18. The van der Waals surface area contributed by atoms with Crippen molar-refractivity contribution in [3.63, 3.8) is 0 Å². The van der Waals surface area contributed by atoms with Gasteiger partial charge in [-0.15, -0.1) is 22.7 Å². The summed E-state index contributed by atoms with van der Waals surface area (Å²) in [6, 6.07) is 0. The fourth-order valence-corrected chi connectivity index (χ4v) is 4.96. The Morgan fingerprint density at radius 3 is 3.27 bits per heavy atom. The molecule has 0 saturated carbocycles. The number of hydrogen-bond acceptors (Lipinski definition) is 4. The molecule has 0 radical (unpaired) electrons. The Morgan fingerprint density at radius 2 is 2.41 bits per heavy atom. The van der Waals surface area contributed by atoms with Gasteiger partial charge in [-0.3, -0.25) is 9.20 Å². The fraction of sp³-hybridized carbons (Fsp3) is 0.375. The third-order valence-electron chi connectivity index (χ3n) is 4.22. The van der Waals surface area contributed by atoms with Crippen LogP contribution >= 0.6 is 22.7 Å². The Bertz CT molecular complexity index is 801. The molecule has 1 aliphatic carbocycles. The van der Waals surface area contributed by atoms with Crippen molar-refractivity contribution in [1.29, 1.82) is 0 Å². The molecule has 4 nitrogen and oxygen atoms in total. The van der Waals surface area contributed by atoms with Crippen LogP contribution in [0.25, 0.3) is 4.96 Å². The Hall–Kier alpha value is -1.66. The van der Waals surface area contributed by atoms with Crippen molar-refractivity contribution in [3.05, 3.63) is 44.9 Å². The van der Waals surface area contributed by atoms with Crippen molar-refractivity contribution in [2.75, 3.05) is 0 Å². The molecule has 3 heterocycles. The zero-order chi connectivity index (χ0) is 15.1.